The second-order valence-corrected chi connectivity index (χ2v) is 7.26. The summed E-state index contributed by atoms with van der Waals surface area (Å²) in [6, 6.07) is 11.0. The van der Waals surface area contributed by atoms with Gasteiger partial charge in [-0.2, -0.15) is 0 Å². The number of non-ortho nitro benzene ring substituents is 1. The monoisotopic (exact) mass is 433 g/mol. The number of ether oxygens (including phenoxy) is 1. The number of hydrogen-bond donors (Lipinski definition) is 0. The van der Waals surface area contributed by atoms with Crippen LogP contribution in [-0.4, -0.2) is 23.1 Å². The number of fused-ring (bicyclic) bond motifs is 2. The standard InChI is InChI=1S/C22H15N3O7/c1-11-8-17(23-32-11)24-19(12-4-3-5-13(9-12)25(28)29)18-20(26)15-7-6-14(30-2)10-16(15)31-21(18)22(24)27/h3-10,19H,1-2H3/t19-/m1/s1. The van der Waals surface area contributed by atoms with Gasteiger partial charge in [-0.15, -0.1) is 0 Å². The van der Waals surface area contributed by atoms with Gasteiger partial charge in [0.25, 0.3) is 11.6 Å². The molecule has 0 N–H and O–H groups in total. The highest BCUT2D eigenvalue weighted by Crippen LogP contribution is 2.41. The molecule has 10 heteroatoms. The molecule has 0 radical (unpaired) electrons. The Morgan fingerprint density at radius 3 is 2.66 bits per heavy atom. The average Bonchev–Trinajstić information content (AvgIpc) is 3.34. The number of nitro groups is 1. The summed E-state index contributed by atoms with van der Waals surface area (Å²) >= 11 is 0. The van der Waals surface area contributed by atoms with Gasteiger partial charge in [-0.1, -0.05) is 17.3 Å². The molecule has 1 aliphatic rings. The van der Waals surface area contributed by atoms with E-state index in [1.807, 2.05) is 0 Å². The summed E-state index contributed by atoms with van der Waals surface area (Å²) < 4.78 is 16.2. The van der Waals surface area contributed by atoms with Crippen LogP contribution in [-0.2, 0) is 0 Å². The second-order valence-electron chi connectivity index (χ2n) is 7.26. The van der Waals surface area contributed by atoms with Crippen molar-refractivity contribution in [2.24, 2.45) is 0 Å². The van der Waals surface area contributed by atoms with Crippen LogP contribution in [0.2, 0.25) is 0 Å². The number of hydrogen-bond acceptors (Lipinski definition) is 8. The van der Waals surface area contributed by atoms with Crippen molar-refractivity contribution in [1.82, 2.24) is 5.16 Å². The number of methoxy groups -OCH3 is 1. The van der Waals surface area contributed by atoms with Crippen molar-refractivity contribution < 1.29 is 23.4 Å². The molecule has 0 spiro atoms. The fourth-order valence-electron chi connectivity index (χ4n) is 3.91. The molecule has 5 rings (SSSR count). The zero-order chi connectivity index (χ0) is 22.6. The van der Waals surface area contributed by atoms with E-state index >= 15 is 0 Å². The van der Waals surface area contributed by atoms with E-state index in [0.29, 0.717) is 17.1 Å². The molecule has 160 valence electrons. The summed E-state index contributed by atoms with van der Waals surface area (Å²) in [6.07, 6.45) is 0. The molecule has 0 saturated carbocycles. The number of amides is 1. The van der Waals surface area contributed by atoms with Gasteiger partial charge in [0.15, 0.2) is 11.2 Å². The van der Waals surface area contributed by atoms with Crippen LogP contribution in [0.5, 0.6) is 5.75 Å². The number of aromatic nitrogens is 1. The second kappa shape index (κ2) is 7.05. The van der Waals surface area contributed by atoms with Crippen molar-refractivity contribution in [2.45, 2.75) is 13.0 Å². The minimum atomic E-state index is -0.982. The van der Waals surface area contributed by atoms with E-state index in [4.69, 9.17) is 13.7 Å². The van der Waals surface area contributed by atoms with Gasteiger partial charge in [-0.25, -0.2) is 0 Å². The molecule has 1 aliphatic heterocycles. The molecule has 2 aromatic carbocycles. The summed E-state index contributed by atoms with van der Waals surface area (Å²) in [5.41, 5.74) is 0.0458. The number of anilines is 1. The Balaban J connectivity index is 1.81. The van der Waals surface area contributed by atoms with E-state index in [0.717, 1.165) is 0 Å². The smallest absolute Gasteiger partial charge is 0.296 e. The fraction of sp³-hybridized carbons (Fsp3) is 0.136. The molecule has 0 saturated heterocycles. The van der Waals surface area contributed by atoms with Crippen LogP contribution >= 0.6 is 0 Å². The van der Waals surface area contributed by atoms with Gasteiger partial charge in [-0.05, 0) is 24.6 Å². The summed E-state index contributed by atoms with van der Waals surface area (Å²) in [5.74, 6) is 0.317. The Morgan fingerprint density at radius 1 is 1.16 bits per heavy atom. The number of nitro benzene ring substituents is 1. The normalized spacial score (nSPS) is 15.2. The summed E-state index contributed by atoms with van der Waals surface area (Å²) in [4.78, 5) is 38.9. The first-order valence-electron chi connectivity index (χ1n) is 9.55. The van der Waals surface area contributed by atoms with Crippen LogP contribution < -0.4 is 15.1 Å². The number of rotatable bonds is 4. The molecule has 0 fully saturated rings. The molecular weight excluding hydrogens is 418 g/mol. The van der Waals surface area contributed by atoms with Crippen LogP contribution in [0, 0.1) is 17.0 Å². The molecule has 4 aromatic rings. The molecule has 0 aliphatic carbocycles. The van der Waals surface area contributed by atoms with Gasteiger partial charge in [-0.3, -0.25) is 24.6 Å². The summed E-state index contributed by atoms with van der Waals surface area (Å²) in [5, 5.41) is 15.5. The Bertz CT molecular complexity index is 1470. The van der Waals surface area contributed by atoms with Crippen molar-refractivity contribution in [3.8, 4) is 5.75 Å². The number of benzene rings is 2. The molecule has 2 aromatic heterocycles. The molecule has 1 atom stereocenters. The highest BCUT2D eigenvalue weighted by atomic mass is 16.6. The predicted octanol–water partition coefficient (Wildman–Crippen LogP) is 3.76. The first-order chi connectivity index (χ1) is 15.4. The Hall–Kier alpha value is -4.47. The average molecular weight is 433 g/mol. The van der Waals surface area contributed by atoms with E-state index in [1.165, 1.54) is 36.3 Å². The molecule has 32 heavy (non-hydrogen) atoms. The third kappa shape index (κ3) is 2.84. The Morgan fingerprint density at radius 2 is 1.97 bits per heavy atom. The fourth-order valence-corrected chi connectivity index (χ4v) is 3.91. The minimum absolute atomic E-state index is 0.0776. The lowest BCUT2D eigenvalue weighted by atomic mass is 9.98. The lowest BCUT2D eigenvalue weighted by molar-refractivity contribution is -0.384. The first-order valence-corrected chi connectivity index (χ1v) is 9.55. The maximum Gasteiger partial charge on any atom is 0.296 e. The Labute approximate surface area is 179 Å². The SMILES string of the molecule is COc1ccc2c(=O)c3c(oc2c1)C(=O)N(c1cc(C)on1)[C@@H]3c1cccc([N+](=O)[O-])c1. The van der Waals surface area contributed by atoms with E-state index in [-0.39, 0.29) is 33.8 Å². The van der Waals surface area contributed by atoms with Gasteiger partial charge in [0.2, 0.25) is 5.76 Å². The summed E-state index contributed by atoms with van der Waals surface area (Å²) in [7, 11) is 1.48. The van der Waals surface area contributed by atoms with E-state index in [9.17, 15) is 19.7 Å². The number of aryl methyl sites for hydroxylation is 1. The number of carbonyl (C=O) groups is 1. The van der Waals surface area contributed by atoms with Gasteiger partial charge < -0.3 is 13.7 Å². The quantitative estimate of drug-likeness (QED) is 0.351. The van der Waals surface area contributed by atoms with Gasteiger partial charge in [0.1, 0.15) is 17.1 Å². The van der Waals surface area contributed by atoms with Crippen LogP contribution in [0.3, 0.4) is 0 Å². The maximum atomic E-state index is 13.5. The van der Waals surface area contributed by atoms with Crippen molar-refractivity contribution >= 4 is 28.4 Å². The molecular formula is C22H15N3O7. The molecule has 3 heterocycles. The largest absolute Gasteiger partial charge is 0.497 e. The molecule has 1 amide bonds. The molecule has 10 nitrogen and oxygen atoms in total. The maximum absolute atomic E-state index is 13.5. The topological polar surface area (TPSA) is 129 Å². The number of carbonyl (C=O) groups excluding carboxylic acids is 1. The lowest BCUT2D eigenvalue weighted by Gasteiger charge is -2.22. The summed E-state index contributed by atoms with van der Waals surface area (Å²) in [6.45, 7) is 1.66. The zero-order valence-corrected chi connectivity index (χ0v) is 16.9. The van der Waals surface area contributed by atoms with E-state index in [2.05, 4.69) is 5.16 Å². The Kier molecular flexibility index (Phi) is 4.29. The zero-order valence-electron chi connectivity index (χ0n) is 16.9. The molecule has 0 unspecified atom stereocenters. The third-order valence-electron chi connectivity index (χ3n) is 5.34. The van der Waals surface area contributed by atoms with E-state index < -0.39 is 22.3 Å². The number of nitrogens with zero attached hydrogens (tertiary/aromatic N) is 3. The van der Waals surface area contributed by atoms with Crippen molar-refractivity contribution in [3.63, 3.8) is 0 Å². The van der Waals surface area contributed by atoms with Crippen LogP contribution in [0.4, 0.5) is 11.5 Å². The van der Waals surface area contributed by atoms with Crippen LogP contribution in [0.25, 0.3) is 11.0 Å². The van der Waals surface area contributed by atoms with Crippen molar-refractivity contribution in [1.29, 1.82) is 0 Å². The highest BCUT2D eigenvalue weighted by molar-refractivity contribution is 6.10. The van der Waals surface area contributed by atoms with Crippen LogP contribution in [0.15, 0.2) is 62.3 Å². The highest BCUT2D eigenvalue weighted by Gasteiger charge is 2.45. The molecule has 0 bridgehead atoms. The van der Waals surface area contributed by atoms with E-state index in [1.54, 1.807) is 31.2 Å². The third-order valence-corrected chi connectivity index (χ3v) is 5.34. The van der Waals surface area contributed by atoms with Gasteiger partial charge >= 0.3 is 0 Å². The van der Waals surface area contributed by atoms with Crippen molar-refractivity contribution in [3.05, 3.63) is 91.5 Å². The van der Waals surface area contributed by atoms with Crippen LogP contribution in [0.1, 0.15) is 33.5 Å². The minimum Gasteiger partial charge on any atom is -0.497 e. The first kappa shape index (κ1) is 19.5. The van der Waals surface area contributed by atoms with Crippen molar-refractivity contribution in [2.75, 3.05) is 12.0 Å². The van der Waals surface area contributed by atoms with Gasteiger partial charge in [0, 0.05) is 24.3 Å². The predicted molar refractivity (Wildman–Crippen MR) is 112 cm³/mol. The lowest BCUT2D eigenvalue weighted by Crippen LogP contribution is -2.29. The van der Waals surface area contributed by atoms with Gasteiger partial charge in [0.05, 0.1) is 29.0 Å².